The lowest BCUT2D eigenvalue weighted by Crippen LogP contribution is -2.40. The molecule has 0 aromatic carbocycles. The highest BCUT2D eigenvalue weighted by Crippen LogP contribution is 2.29. The minimum Gasteiger partial charge on any atom is -0.326 e. The van der Waals surface area contributed by atoms with Gasteiger partial charge in [-0.1, -0.05) is 19.8 Å². The number of H-pyrrole nitrogens is 1. The molecule has 1 fully saturated rings. The smallest absolute Gasteiger partial charge is 0.260 e. The number of hydrogen-bond donors (Lipinski definition) is 2. The lowest BCUT2D eigenvalue weighted by Gasteiger charge is -2.33. The Hall–Kier alpha value is -0.920. The van der Waals surface area contributed by atoms with E-state index in [-0.39, 0.29) is 17.6 Å². The molecule has 19 heavy (non-hydrogen) atoms. The van der Waals surface area contributed by atoms with E-state index in [9.17, 15) is 8.42 Å². The molecule has 0 amide bonds. The second-order valence-electron chi connectivity index (χ2n) is 5.38. The monoisotopic (exact) mass is 286 g/mol. The van der Waals surface area contributed by atoms with E-state index in [0.717, 1.165) is 19.3 Å². The van der Waals surface area contributed by atoms with Gasteiger partial charge in [0, 0.05) is 25.2 Å². The van der Waals surface area contributed by atoms with Gasteiger partial charge >= 0.3 is 0 Å². The Morgan fingerprint density at radius 1 is 1.53 bits per heavy atom. The SMILES string of the molecule is CC1CCCC(N(C)S(=O)(=O)c2[nH]ncc2CN)C1. The van der Waals surface area contributed by atoms with Crippen LogP contribution in [0.4, 0.5) is 0 Å². The quantitative estimate of drug-likeness (QED) is 0.866. The van der Waals surface area contributed by atoms with Crippen molar-refractivity contribution in [2.45, 2.75) is 50.2 Å². The molecule has 3 N–H and O–H groups in total. The summed E-state index contributed by atoms with van der Waals surface area (Å²) in [5.41, 5.74) is 6.09. The molecule has 6 nitrogen and oxygen atoms in total. The third-order valence-electron chi connectivity index (χ3n) is 3.96. The summed E-state index contributed by atoms with van der Waals surface area (Å²) in [6.45, 7) is 2.34. The van der Waals surface area contributed by atoms with Gasteiger partial charge in [0.15, 0.2) is 5.03 Å². The predicted molar refractivity (Wildman–Crippen MR) is 72.8 cm³/mol. The number of nitrogens with zero attached hydrogens (tertiary/aromatic N) is 2. The predicted octanol–water partition coefficient (Wildman–Crippen LogP) is 1.07. The summed E-state index contributed by atoms with van der Waals surface area (Å²) >= 11 is 0. The third-order valence-corrected chi connectivity index (χ3v) is 5.88. The molecule has 2 unspecified atom stereocenters. The van der Waals surface area contributed by atoms with Crippen molar-refractivity contribution in [1.29, 1.82) is 0 Å². The molecular weight excluding hydrogens is 264 g/mol. The topological polar surface area (TPSA) is 92.1 Å². The van der Waals surface area contributed by atoms with Crippen molar-refractivity contribution < 1.29 is 8.42 Å². The van der Waals surface area contributed by atoms with Gasteiger partial charge in [-0.3, -0.25) is 5.10 Å². The molecular formula is C12H22N4O2S. The summed E-state index contributed by atoms with van der Waals surface area (Å²) in [5, 5.41) is 6.49. The second-order valence-corrected chi connectivity index (χ2v) is 7.31. The summed E-state index contributed by atoms with van der Waals surface area (Å²) < 4.78 is 26.6. The van der Waals surface area contributed by atoms with Gasteiger partial charge in [-0.25, -0.2) is 8.42 Å². The fraction of sp³-hybridized carbons (Fsp3) is 0.750. The van der Waals surface area contributed by atoms with Gasteiger partial charge < -0.3 is 5.73 Å². The Balaban J connectivity index is 2.24. The van der Waals surface area contributed by atoms with Crippen LogP contribution in [-0.2, 0) is 16.6 Å². The van der Waals surface area contributed by atoms with Crippen molar-refractivity contribution in [2.24, 2.45) is 11.7 Å². The molecule has 0 saturated heterocycles. The summed E-state index contributed by atoms with van der Waals surface area (Å²) in [7, 11) is -1.87. The Bertz CT molecular complexity index is 526. The average Bonchev–Trinajstić information content (AvgIpc) is 2.86. The molecule has 1 saturated carbocycles. The van der Waals surface area contributed by atoms with Crippen molar-refractivity contribution in [3.05, 3.63) is 11.8 Å². The first kappa shape index (κ1) is 14.5. The number of aromatic amines is 1. The maximum atomic E-state index is 12.6. The van der Waals surface area contributed by atoms with Gasteiger partial charge in [0.25, 0.3) is 10.0 Å². The van der Waals surface area contributed by atoms with Crippen LogP contribution in [0.1, 0.15) is 38.2 Å². The average molecular weight is 286 g/mol. The van der Waals surface area contributed by atoms with E-state index < -0.39 is 10.0 Å². The number of nitrogens with one attached hydrogen (secondary N) is 1. The zero-order valence-corrected chi connectivity index (χ0v) is 12.3. The van der Waals surface area contributed by atoms with Gasteiger partial charge in [0.05, 0.1) is 6.20 Å². The number of hydrogen-bond acceptors (Lipinski definition) is 4. The molecule has 1 aromatic rings. The van der Waals surface area contributed by atoms with Crippen LogP contribution in [0.25, 0.3) is 0 Å². The molecule has 2 rings (SSSR count). The molecule has 0 spiro atoms. The molecule has 1 heterocycles. The fourth-order valence-electron chi connectivity index (χ4n) is 2.74. The van der Waals surface area contributed by atoms with Gasteiger partial charge in [-0.2, -0.15) is 9.40 Å². The minimum absolute atomic E-state index is 0.0719. The van der Waals surface area contributed by atoms with Crippen LogP contribution in [0.3, 0.4) is 0 Å². The van der Waals surface area contributed by atoms with Crippen LogP contribution in [0.15, 0.2) is 11.2 Å². The van der Waals surface area contributed by atoms with E-state index >= 15 is 0 Å². The maximum Gasteiger partial charge on any atom is 0.260 e. The molecule has 1 aliphatic rings. The van der Waals surface area contributed by atoms with E-state index in [4.69, 9.17) is 5.73 Å². The molecule has 2 atom stereocenters. The fourth-order valence-corrected chi connectivity index (χ4v) is 4.25. The number of nitrogens with two attached hydrogens (primary N) is 1. The molecule has 108 valence electrons. The highest BCUT2D eigenvalue weighted by atomic mass is 32.2. The van der Waals surface area contributed by atoms with Crippen molar-refractivity contribution in [3.8, 4) is 0 Å². The first-order valence-corrected chi connectivity index (χ1v) is 8.11. The van der Waals surface area contributed by atoms with Crippen molar-refractivity contribution in [2.75, 3.05) is 7.05 Å². The van der Waals surface area contributed by atoms with Crippen molar-refractivity contribution in [1.82, 2.24) is 14.5 Å². The lowest BCUT2D eigenvalue weighted by molar-refractivity contribution is 0.238. The molecule has 0 radical (unpaired) electrons. The minimum atomic E-state index is -3.53. The van der Waals surface area contributed by atoms with Gasteiger partial charge in [-0.05, 0) is 18.8 Å². The molecule has 1 aliphatic carbocycles. The van der Waals surface area contributed by atoms with E-state index in [2.05, 4.69) is 17.1 Å². The summed E-state index contributed by atoms with van der Waals surface area (Å²) in [5.74, 6) is 0.576. The summed E-state index contributed by atoms with van der Waals surface area (Å²) in [4.78, 5) is 0. The number of aromatic nitrogens is 2. The normalized spacial score (nSPS) is 24.8. The maximum absolute atomic E-state index is 12.6. The van der Waals surface area contributed by atoms with E-state index in [1.54, 1.807) is 7.05 Å². The van der Waals surface area contributed by atoms with E-state index in [1.807, 2.05) is 0 Å². The highest BCUT2D eigenvalue weighted by Gasteiger charge is 2.33. The van der Waals surface area contributed by atoms with Gasteiger partial charge in [-0.15, -0.1) is 0 Å². The largest absolute Gasteiger partial charge is 0.326 e. The Kier molecular flexibility index (Phi) is 4.27. The van der Waals surface area contributed by atoms with Crippen molar-refractivity contribution in [3.63, 3.8) is 0 Å². The van der Waals surface area contributed by atoms with Crippen LogP contribution in [-0.4, -0.2) is 36.0 Å². The zero-order valence-electron chi connectivity index (χ0n) is 11.5. The Morgan fingerprint density at radius 2 is 2.26 bits per heavy atom. The summed E-state index contributed by atoms with van der Waals surface area (Å²) in [6.07, 6.45) is 5.58. The Labute approximate surface area is 114 Å². The molecule has 0 bridgehead atoms. The van der Waals surface area contributed by atoms with Crippen LogP contribution >= 0.6 is 0 Å². The van der Waals surface area contributed by atoms with Crippen LogP contribution in [0.5, 0.6) is 0 Å². The molecule has 7 heteroatoms. The Morgan fingerprint density at radius 3 is 2.89 bits per heavy atom. The number of sulfonamides is 1. The highest BCUT2D eigenvalue weighted by molar-refractivity contribution is 7.89. The van der Waals surface area contributed by atoms with Crippen molar-refractivity contribution >= 4 is 10.0 Å². The van der Waals surface area contributed by atoms with Crippen LogP contribution in [0.2, 0.25) is 0 Å². The van der Waals surface area contributed by atoms with Gasteiger partial charge in [0.1, 0.15) is 0 Å². The van der Waals surface area contributed by atoms with Crippen LogP contribution < -0.4 is 5.73 Å². The third kappa shape index (κ3) is 2.82. The standard InChI is InChI=1S/C12H22N4O2S/c1-9-4-3-5-11(6-9)16(2)19(17,18)12-10(7-13)8-14-15-12/h8-9,11H,3-7,13H2,1-2H3,(H,14,15). The molecule has 0 aliphatic heterocycles. The van der Waals surface area contributed by atoms with Crippen LogP contribution in [0, 0.1) is 5.92 Å². The first-order valence-electron chi connectivity index (χ1n) is 6.67. The zero-order chi connectivity index (χ0) is 14.0. The summed E-state index contributed by atoms with van der Waals surface area (Å²) in [6, 6.07) is 0.0719. The first-order chi connectivity index (χ1) is 8.96. The number of rotatable bonds is 4. The lowest BCUT2D eigenvalue weighted by atomic mass is 9.87. The van der Waals surface area contributed by atoms with E-state index in [1.165, 1.54) is 16.9 Å². The second kappa shape index (κ2) is 5.60. The molecule has 1 aromatic heterocycles. The van der Waals surface area contributed by atoms with Gasteiger partial charge in [0.2, 0.25) is 0 Å². The van der Waals surface area contributed by atoms with E-state index in [0.29, 0.717) is 11.5 Å².